The second kappa shape index (κ2) is 3.93. The van der Waals surface area contributed by atoms with Crippen molar-refractivity contribution in [2.45, 2.75) is 0 Å². The molecule has 4 heteroatoms. The van der Waals surface area contributed by atoms with Gasteiger partial charge in [-0.2, -0.15) is 0 Å². The van der Waals surface area contributed by atoms with Crippen LogP contribution < -0.4 is 0 Å². The first-order chi connectivity index (χ1) is 5.34. The number of aromatic nitrogens is 1. The van der Waals surface area contributed by atoms with Crippen molar-refractivity contribution in [3.05, 3.63) is 30.1 Å². The average molecular weight is 171 g/mol. The maximum absolute atomic E-state index is 5.69. The lowest BCUT2D eigenvalue weighted by molar-refractivity contribution is 0.214. The second-order valence-corrected chi connectivity index (χ2v) is 2.16. The quantitative estimate of drug-likeness (QED) is 0.500. The molecule has 0 aliphatic heterocycles. The minimum atomic E-state index is 0.306. The molecule has 0 bridgehead atoms. The molecule has 0 unspecified atom stereocenters. The van der Waals surface area contributed by atoms with Gasteiger partial charge in [0.2, 0.25) is 0 Å². The number of rotatable bonds is 2. The van der Waals surface area contributed by atoms with Crippen molar-refractivity contribution in [1.82, 2.24) is 4.98 Å². The molecule has 1 heterocycles. The lowest BCUT2D eigenvalue weighted by Crippen LogP contribution is -1.91. The van der Waals surface area contributed by atoms with Crippen LogP contribution in [0.25, 0.3) is 0 Å². The summed E-state index contributed by atoms with van der Waals surface area (Å²) in [5.74, 6) is 0. The molecule has 0 spiro atoms. The van der Waals surface area contributed by atoms with E-state index in [2.05, 4.69) is 15.0 Å². The van der Waals surface area contributed by atoms with E-state index in [-0.39, 0.29) is 0 Å². The van der Waals surface area contributed by atoms with Gasteiger partial charge in [0.15, 0.2) is 5.17 Å². The van der Waals surface area contributed by atoms with Gasteiger partial charge in [-0.15, -0.1) is 0 Å². The van der Waals surface area contributed by atoms with E-state index in [9.17, 15) is 0 Å². The number of halogens is 1. The minimum absolute atomic E-state index is 0.306. The number of hydrogen-bond acceptors (Lipinski definition) is 3. The molecule has 3 nitrogen and oxygen atoms in total. The molecular weight excluding hydrogens is 164 g/mol. The fourth-order valence-corrected chi connectivity index (χ4v) is 0.798. The Morgan fingerprint density at radius 2 is 2.55 bits per heavy atom. The van der Waals surface area contributed by atoms with Crippen molar-refractivity contribution in [3.63, 3.8) is 0 Å². The van der Waals surface area contributed by atoms with Crippen molar-refractivity contribution >= 4 is 16.8 Å². The summed E-state index contributed by atoms with van der Waals surface area (Å²) >= 11 is 5.69. The van der Waals surface area contributed by atoms with Gasteiger partial charge in [-0.25, -0.2) is 0 Å². The third-order valence-corrected chi connectivity index (χ3v) is 1.36. The topological polar surface area (TPSA) is 34.5 Å². The molecule has 0 radical (unpaired) electrons. The van der Waals surface area contributed by atoms with Gasteiger partial charge in [0.1, 0.15) is 7.11 Å². The Balaban J connectivity index is 2.85. The fraction of sp³-hybridized carbons (Fsp3) is 0.143. The zero-order chi connectivity index (χ0) is 8.10. The Morgan fingerprint density at radius 1 is 1.73 bits per heavy atom. The van der Waals surface area contributed by atoms with Crippen LogP contribution in [0.4, 0.5) is 0 Å². The average Bonchev–Trinajstić information content (AvgIpc) is 2.07. The van der Waals surface area contributed by atoms with E-state index in [1.165, 1.54) is 7.11 Å². The smallest absolute Gasteiger partial charge is 0.177 e. The van der Waals surface area contributed by atoms with E-state index in [1.807, 2.05) is 0 Å². The van der Waals surface area contributed by atoms with Gasteiger partial charge in [-0.1, -0.05) is 16.8 Å². The molecule has 0 aromatic carbocycles. The molecule has 0 saturated carbocycles. The molecule has 0 saturated heterocycles. The second-order valence-electron chi connectivity index (χ2n) is 1.81. The highest BCUT2D eigenvalue weighted by Gasteiger charge is 1.97. The number of oxime groups is 1. The Morgan fingerprint density at radius 3 is 3.09 bits per heavy atom. The van der Waals surface area contributed by atoms with Crippen LogP contribution in [-0.2, 0) is 4.84 Å². The predicted molar refractivity (Wildman–Crippen MR) is 43.6 cm³/mol. The van der Waals surface area contributed by atoms with Gasteiger partial charge in [0.25, 0.3) is 0 Å². The molecule has 11 heavy (non-hydrogen) atoms. The Hall–Kier alpha value is -1.09. The van der Waals surface area contributed by atoms with Crippen LogP contribution in [-0.4, -0.2) is 17.3 Å². The van der Waals surface area contributed by atoms with E-state index in [0.717, 1.165) is 5.56 Å². The fourth-order valence-electron chi connectivity index (χ4n) is 0.618. The summed E-state index contributed by atoms with van der Waals surface area (Å²) in [4.78, 5) is 8.35. The summed E-state index contributed by atoms with van der Waals surface area (Å²) in [7, 11) is 1.44. The number of pyridine rings is 1. The maximum Gasteiger partial charge on any atom is 0.177 e. The van der Waals surface area contributed by atoms with Crippen LogP contribution in [0.15, 0.2) is 29.7 Å². The van der Waals surface area contributed by atoms with E-state index in [4.69, 9.17) is 11.6 Å². The summed E-state index contributed by atoms with van der Waals surface area (Å²) < 4.78 is 0. The normalized spacial score (nSPS) is 11.3. The minimum Gasteiger partial charge on any atom is -0.398 e. The van der Waals surface area contributed by atoms with Gasteiger partial charge in [0, 0.05) is 18.0 Å². The summed E-state index contributed by atoms with van der Waals surface area (Å²) in [6.45, 7) is 0. The van der Waals surface area contributed by atoms with E-state index >= 15 is 0 Å². The van der Waals surface area contributed by atoms with Crippen molar-refractivity contribution in [2.75, 3.05) is 7.11 Å². The van der Waals surface area contributed by atoms with Crippen LogP contribution in [0.2, 0.25) is 0 Å². The lowest BCUT2D eigenvalue weighted by atomic mass is 10.3. The molecule has 1 aromatic rings. The third kappa shape index (κ3) is 2.20. The maximum atomic E-state index is 5.69. The highest BCUT2D eigenvalue weighted by atomic mass is 35.5. The standard InChI is InChI=1S/C7H7ClN2O/c1-11-10-7(8)6-3-2-4-9-5-6/h2-5H,1H3/b10-7-. The third-order valence-electron chi connectivity index (χ3n) is 1.07. The SMILES string of the molecule is CO/N=C(\Cl)c1cccnc1. The highest BCUT2D eigenvalue weighted by molar-refractivity contribution is 6.69. The van der Waals surface area contributed by atoms with Crippen molar-refractivity contribution < 1.29 is 4.84 Å². The van der Waals surface area contributed by atoms with Gasteiger partial charge in [-0.05, 0) is 12.1 Å². The molecule has 1 aromatic heterocycles. The summed E-state index contributed by atoms with van der Waals surface area (Å²) in [5.41, 5.74) is 0.746. The van der Waals surface area contributed by atoms with Gasteiger partial charge in [0.05, 0.1) is 0 Å². The van der Waals surface area contributed by atoms with Crippen molar-refractivity contribution in [1.29, 1.82) is 0 Å². The zero-order valence-corrected chi connectivity index (χ0v) is 6.75. The van der Waals surface area contributed by atoms with Crippen molar-refractivity contribution in [2.24, 2.45) is 5.16 Å². The molecule has 0 N–H and O–H groups in total. The van der Waals surface area contributed by atoms with Gasteiger partial charge >= 0.3 is 0 Å². The summed E-state index contributed by atoms with van der Waals surface area (Å²) in [6.07, 6.45) is 3.28. The Labute approximate surface area is 69.6 Å². The summed E-state index contributed by atoms with van der Waals surface area (Å²) in [5, 5.41) is 3.84. The molecule has 0 atom stereocenters. The molecule has 0 fully saturated rings. The first-order valence-corrected chi connectivity index (χ1v) is 3.39. The molecule has 1 rings (SSSR count). The van der Waals surface area contributed by atoms with E-state index in [0.29, 0.717) is 5.17 Å². The lowest BCUT2D eigenvalue weighted by Gasteiger charge is -1.94. The van der Waals surface area contributed by atoms with Gasteiger partial charge < -0.3 is 4.84 Å². The predicted octanol–water partition coefficient (Wildman–Crippen LogP) is 1.63. The zero-order valence-electron chi connectivity index (χ0n) is 5.99. The molecule has 0 aliphatic rings. The Kier molecular flexibility index (Phi) is 2.86. The number of nitrogens with zero attached hydrogens (tertiary/aromatic N) is 2. The largest absolute Gasteiger partial charge is 0.398 e. The van der Waals surface area contributed by atoms with E-state index in [1.54, 1.807) is 24.5 Å². The van der Waals surface area contributed by atoms with E-state index < -0.39 is 0 Å². The summed E-state index contributed by atoms with van der Waals surface area (Å²) in [6, 6.07) is 3.58. The molecular formula is C7H7ClN2O. The first kappa shape index (κ1) is 8.01. The monoisotopic (exact) mass is 170 g/mol. The molecule has 0 amide bonds. The van der Waals surface area contributed by atoms with Crippen LogP contribution >= 0.6 is 11.6 Å². The first-order valence-electron chi connectivity index (χ1n) is 3.01. The van der Waals surface area contributed by atoms with Gasteiger partial charge in [-0.3, -0.25) is 4.98 Å². The highest BCUT2D eigenvalue weighted by Crippen LogP contribution is 2.02. The van der Waals surface area contributed by atoms with Crippen LogP contribution in [0.5, 0.6) is 0 Å². The van der Waals surface area contributed by atoms with Crippen LogP contribution in [0.1, 0.15) is 5.56 Å². The number of hydrogen-bond donors (Lipinski definition) is 0. The van der Waals surface area contributed by atoms with Crippen LogP contribution in [0, 0.1) is 0 Å². The molecule has 58 valence electrons. The van der Waals surface area contributed by atoms with Crippen LogP contribution in [0.3, 0.4) is 0 Å². The molecule has 0 aliphatic carbocycles. The Bertz CT molecular complexity index is 248. The van der Waals surface area contributed by atoms with Crippen molar-refractivity contribution in [3.8, 4) is 0 Å².